The molecule has 0 spiro atoms. The smallest absolute Gasteiger partial charge is 0.256 e. The normalized spacial score (nSPS) is 33.7. The van der Waals surface area contributed by atoms with Gasteiger partial charge in [0.15, 0.2) is 12.3 Å². The van der Waals surface area contributed by atoms with Gasteiger partial charge in [0, 0.05) is 59.0 Å². The number of hydrogen-bond donors (Lipinski definition) is 2. The molecule has 2 saturated heterocycles. The van der Waals surface area contributed by atoms with Crippen molar-refractivity contribution in [3.63, 3.8) is 0 Å². The first-order valence-electron chi connectivity index (χ1n) is 12.0. The molecule has 10 nitrogen and oxygen atoms in total. The second-order valence-electron chi connectivity index (χ2n) is 10.1. The summed E-state index contributed by atoms with van der Waals surface area (Å²) in [6, 6.07) is 0. The van der Waals surface area contributed by atoms with Crippen molar-refractivity contribution >= 4 is 11.7 Å². The molecule has 10 heteroatoms. The average Bonchev–Trinajstić information content (AvgIpc) is 2.82. The third-order valence-electron chi connectivity index (χ3n) is 7.51. The second-order valence-corrected chi connectivity index (χ2v) is 10.1. The minimum Gasteiger partial charge on any atom is -0.382 e. The number of aliphatic hydroxyl groups is 1. The molecule has 35 heavy (non-hydrogen) atoms. The molecule has 0 bridgehead atoms. The van der Waals surface area contributed by atoms with Crippen LogP contribution in [0.4, 0.5) is 0 Å². The summed E-state index contributed by atoms with van der Waals surface area (Å²) in [5.41, 5.74) is 0.0577. The fraction of sp³-hybridized carbons (Fsp3) is 0.840. The molecule has 0 unspecified atom stereocenters. The van der Waals surface area contributed by atoms with Crippen molar-refractivity contribution in [2.75, 3.05) is 35.0 Å². The number of carbonyl (C=O) groups is 2. The third kappa shape index (κ3) is 6.49. The van der Waals surface area contributed by atoms with Crippen LogP contribution in [0.2, 0.25) is 0 Å². The first-order chi connectivity index (χ1) is 16.4. The lowest BCUT2D eigenvalue weighted by atomic mass is 9.75. The summed E-state index contributed by atoms with van der Waals surface area (Å²) in [5, 5.41) is 13.6. The van der Waals surface area contributed by atoms with Gasteiger partial charge in [-0.25, -0.2) is 0 Å². The minimum atomic E-state index is -1.66. The van der Waals surface area contributed by atoms with E-state index in [1.807, 2.05) is 27.7 Å². The molecule has 202 valence electrons. The topological polar surface area (TPSA) is 122 Å². The molecule has 1 amide bonds. The van der Waals surface area contributed by atoms with Crippen molar-refractivity contribution in [2.45, 2.75) is 89.5 Å². The first kappa shape index (κ1) is 29.8. The van der Waals surface area contributed by atoms with Crippen molar-refractivity contribution in [3.8, 4) is 0 Å². The summed E-state index contributed by atoms with van der Waals surface area (Å²) in [7, 11) is 5.93. The number of carbonyl (C=O) groups excluding carboxylic acids is 2. The number of aliphatic hydroxyl groups excluding tert-OH is 1. The molecule has 0 aromatic rings. The summed E-state index contributed by atoms with van der Waals surface area (Å²) in [5.74, 6) is -2.31. The molecule has 0 aromatic carbocycles. The third-order valence-corrected chi connectivity index (χ3v) is 7.51. The van der Waals surface area contributed by atoms with Gasteiger partial charge in [-0.15, -0.1) is 0 Å². The number of ketones is 1. The van der Waals surface area contributed by atoms with E-state index in [2.05, 4.69) is 11.9 Å². The highest BCUT2D eigenvalue weighted by Crippen LogP contribution is 2.39. The number of amides is 1. The molecule has 2 aliphatic heterocycles. The van der Waals surface area contributed by atoms with E-state index in [-0.39, 0.29) is 36.8 Å². The summed E-state index contributed by atoms with van der Waals surface area (Å²) >= 11 is 0. The molecule has 8 atom stereocenters. The quantitative estimate of drug-likeness (QED) is 0.321. The largest absolute Gasteiger partial charge is 0.382 e. The van der Waals surface area contributed by atoms with E-state index in [1.165, 1.54) is 14.2 Å². The fourth-order valence-corrected chi connectivity index (χ4v) is 4.62. The number of nitrogens with one attached hydrogen (secondary N) is 1. The summed E-state index contributed by atoms with van der Waals surface area (Å²) in [6.07, 6.45) is -3.86. The Morgan fingerprint density at radius 1 is 1.23 bits per heavy atom. The maximum absolute atomic E-state index is 13.1. The Morgan fingerprint density at radius 3 is 2.40 bits per heavy atom. The zero-order valence-electron chi connectivity index (χ0n) is 22.3. The van der Waals surface area contributed by atoms with E-state index in [0.29, 0.717) is 13.0 Å². The van der Waals surface area contributed by atoms with Gasteiger partial charge in [0.1, 0.15) is 11.9 Å². The van der Waals surface area contributed by atoms with Crippen molar-refractivity contribution in [3.05, 3.63) is 12.2 Å². The maximum atomic E-state index is 13.1. The van der Waals surface area contributed by atoms with Crippen LogP contribution >= 0.6 is 0 Å². The van der Waals surface area contributed by atoms with Crippen LogP contribution in [0, 0.1) is 11.3 Å². The predicted molar refractivity (Wildman–Crippen MR) is 128 cm³/mol. The Morgan fingerprint density at radius 2 is 1.89 bits per heavy atom. The summed E-state index contributed by atoms with van der Waals surface area (Å²) in [6.45, 7) is 11.9. The number of ether oxygens (including phenoxy) is 6. The SMILES string of the molecule is C=C1C[C@](OC)([C@H](O)C(=O)N[C@@H](OC)[C@@H]2CC(=O)C(C)(C)[C@@H](C[C@@H](COC)OC)O2)O[C@H](C)[C@@H]1C. The van der Waals surface area contributed by atoms with Crippen LogP contribution < -0.4 is 5.32 Å². The number of hydrogen-bond acceptors (Lipinski definition) is 9. The van der Waals surface area contributed by atoms with Crippen LogP contribution in [-0.2, 0) is 38.0 Å². The minimum absolute atomic E-state index is 0.0223. The van der Waals surface area contributed by atoms with Gasteiger partial charge in [-0.1, -0.05) is 32.9 Å². The Labute approximate surface area is 208 Å². The van der Waals surface area contributed by atoms with Gasteiger partial charge in [-0.2, -0.15) is 0 Å². The predicted octanol–water partition coefficient (Wildman–Crippen LogP) is 1.58. The van der Waals surface area contributed by atoms with Gasteiger partial charge in [-0.3, -0.25) is 9.59 Å². The lowest BCUT2D eigenvalue weighted by Gasteiger charge is -2.46. The molecular formula is C25H43NO9. The van der Waals surface area contributed by atoms with E-state index < -0.39 is 41.6 Å². The highest BCUT2D eigenvalue weighted by Gasteiger charge is 2.51. The molecule has 0 aromatic heterocycles. The monoisotopic (exact) mass is 501 g/mol. The van der Waals surface area contributed by atoms with Crippen molar-refractivity contribution in [1.29, 1.82) is 0 Å². The first-order valence-corrected chi connectivity index (χ1v) is 12.0. The Balaban J connectivity index is 2.17. The van der Waals surface area contributed by atoms with Crippen LogP contribution in [0.3, 0.4) is 0 Å². The lowest BCUT2D eigenvalue weighted by molar-refractivity contribution is -0.298. The van der Waals surface area contributed by atoms with Crippen LogP contribution in [0.25, 0.3) is 0 Å². The van der Waals surface area contributed by atoms with E-state index in [9.17, 15) is 14.7 Å². The van der Waals surface area contributed by atoms with Gasteiger partial charge in [0.25, 0.3) is 5.91 Å². The zero-order chi connectivity index (χ0) is 26.6. The Hall–Kier alpha value is -1.40. The second kappa shape index (κ2) is 12.2. The Bertz CT molecular complexity index is 757. The fourth-order valence-electron chi connectivity index (χ4n) is 4.62. The molecule has 0 radical (unpaired) electrons. The molecule has 2 heterocycles. The maximum Gasteiger partial charge on any atom is 0.256 e. The van der Waals surface area contributed by atoms with Crippen molar-refractivity contribution in [2.24, 2.45) is 11.3 Å². The molecule has 0 saturated carbocycles. The zero-order valence-corrected chi connectivity index (χ0v) is 22.3. The number of rotatable bonds is 11. The van der Waals surface area contributed by atoms with Gasteiger partial charge in [-0.05, 0) is 6.92 Å². The molecule has 2 fully saturated rings. The van der Waals surface area contributed by atoms with Crippen molar-refractivity contribution < 1.29 is 43.1 Å². The van der Waals surface area contributed by atoms with E-state index in [1.54, 1.807) is 14.2 Å². The van der Waals surface area contributed by atoms with E-state index in [0.717, 1.165) is 5.57 Å². The molecular weight excluding hydrogens is 458 g/mol. The Kier molecular flexibility index (Phi) is 10.4. The van der Waals surface area contributed by atoms with Crippen LogP contribution in [0.15, 0.2) is 12.2 Å². The highest BCUT2D eigenvalue weighted by atomic mass is 16.7. The highest BCUT2D eigenvalue weighted by molar-refractivity contribution is 5.86. The van der Waals surface area contributed by atoms with Gasteiger partial charge in [0.2, 0.25) is 5.79 Å². The van der Waals surface area contributed by atoms with E-state index in [4.69, 9.17) is 28.4 Å². The molecule has 2 aliphatic rings. The number of methoxy groups -OCH3 is 4. The molecule has 0 aliphatic carbocycles. The van der Waals surface area contributed by atoms with Crippen molar-refractivity contribution in [1.82, 2.24) is 5.32 Å². The standard InChI is InChI=1S/C25H43NO9/c1-14-12-25(33-9,35-16(3)15(14)2)21(28)22(29)26-23(32-8)18-11-19(27)24(4,5)20(34-18)10-17(31-7)13-30-6/h15-18,20-21,23,28H,1,10-13H2,2-9H3,(H,26,29)/t15-,16-,17+,18+,20-,21-,23+,25-/m1/s1. The molecule has 2 N–H and O–H groups in total. The van der Waals surface area contributed by atoms with Crippen LogP contribution in [0.1, 0.15) is 47.0 Å². The summed E-state index contributed by atoms with van der Waals surface area (Å²) < 4.78 is 33.9. The van der Waals surface area contributed by atoms with E-state index >= 15 is 0 Å². The lowest BCUT2D eigenvalue weighted by Crippen LogP contribution is -2.62. The van der Waals surface area contributed by atoms with Crippen LogP contribution in [0.5, 0.6) is 0 Å². The number of Topliss-reactive ketones (excluding diaryl/α,β-unsaturated/α-hetero) is 1. The summed E-state index contributed by atoms with van der Waals surface area (Å²) in [4.78, 5) is 26.1. The van der Waals surface area contributed by atoms with Gasteiger partial charge in [0.05, 0.1) is 24.9 Å². The van der Waals surface area contributed by atoms with Gasteiger partial charge < -0.3 is 38.8 Å². The van der Waals surface area contributed by atoms with Gasteiger partial charge >= 0.3 is 0 Å². The van der Waals surface area contributed by atoms with Crippen LogP contribution in [-0.4, -0.2) is 94.4 Å². The average molecular weight is 502 g/mol. The molecule has 2 rings (SSSR count).